The van der Waals surface area contributed by atoms with Gasteiger partial charge < -0.3 is 20.9 Å². The number of nitrogens with one attached hydrogen (secondary N) is 1. The Balaban J connectivity index is 1.67. The van der Waals surface area contributed by atoms with Crippen molar-refractivity contribution in [1.82, 2.24) is 5.32 Å². The van der Waals surface area contributed by atoms with Gasteiger partial charge in [-0.25, -0.2) is 0 Å². The number of nitrogens with two attached hydrogens (primary N) is 1. The van der Waals surface area contributed by atoms with Crippen molar-refractivity contribution in [3.05, 3.63) is 29.8 Å². The number of carbonyl (C=O) groups excluding carboxylic acids is 2. The molecule has 2 aliphatic carbocycles. The largest absolute Gasteiger partial charge is 0.497 e. The van der Waals surface area contributed by atoms with Crippen LogP contribution in [0.1, 0.15) is 61.7 Å². The van der Waals surface area contributed by atoms with Gasteiger partial charge in [0.15, 0.2) is 5.78 Å². The molecule has 3 rings (SSSR count). The van der Waals surface area contributed by atoms with Crippen LogP contribution >= 0.6 is 0 Å². The number of hydrogen-bond donors (Lipinski definition) is 3. The first-order chi connectivity index (χ1) is 14.0. The molecule has 4 atom stereocenters. The van der Waals surface area contributed by atoms with Crippen molar-refractivity contribution in [2.75, 3.05) is 20.2 Å². The summed E-state index contributed by atoms with van der Waals surface area (Å²) in [4.78, 5) is 26.1. The van der Waals surface area contributed by atoms with Crippen LogP contribution in [0.5, 0.6) is 5.75 Å². The quantitative estimate of drug-likeness (QED) is 0.609. The number of carbonyl (C=O) groups is 2. The van der Waals surface area contributed by atoms with E-state index in [1.165, 1.54) is 6.42 Å². The SMILES string of the molecule is COc1ccc(C(=O)C2(O)CCCCC2C(=O)NCC2CCCC(CN)C2)cc1. The number of benzene rings is 1. The third-order valence-corrected chi connectivity index (χ3v) is 6.73. The summed E-state index contributed by atoms with van der Waals surface area (Å²) in [6.07, 6.45) is 6.87. The Labute approximate surface area is 173 Å². The second-order valence-electron chi connectivity index (χ2n) is 8.66. The van der Waals surface area contributed by atoms with Crippen LogP contribution in [0.3, 0.4) is 0 Å². The first-order valence-corrected chi connectivity index (χ1v) is 10.9. The highest BCUT2D eigenvalue weighted by atomic mass is 16.5. The molecule has 2 fully saturated rings. The van der Waals surface area contributed by atoms with Crippen LogP contribution in [0.25, 0.3) is 0 Å². The summed E-state index contributed by atoms with van der Waals surface area (Å²) in [6.45, 7) is 1.29. The van der Waals surface area contributed by atoms with E-state index in [2.05, 4.69) is 5.32 Å². The van der Waals surface area contributed by atoms with Crippen molar-refractivity contribution in [2.45, 2.75) is 57.0 Å². The molecule has 1 amide bonds. The first-order valence-electron chi connectivity index (χ1n) is 10.9. The number of aliphatic hydroxyl groups is 1. The van der Waals surface area contributed by atoms with Crippen molar-refractivity contribution in [3.8, 4) is 5.75 Å². The molecule has 0 saturated heterocycles. The molecule has 0 aromatic heterocycles. The van der Waals surface area contributed by atoms with Gasteiger partial charge in [-0.15, -0.1) is 0 Å². The number of amides is 1. The van der Waals surface area contributed by atoms with E-state index in [-0.39, 0.29) is 11.7 Å². The molecule has 2 aliphatic rings. The van der Waals surface area contributed by atoms with Crippen LogP contribution in [0, 0.1) is 17.8 Å². The molecule has 0 radical (unpaired) electrons. The van der Waals surface area contributed by atoms with Crippen molar-refractivity contribution in [3.63, 3.8) is 0 Å². The first kappa shape index (κ1) is 21.8. The van der Waals surface area contributed by atoms with Gasteiger partial charge in [-0.2, -0.15) is 0 Å². The molecule has 6 nitrogen and oxygen atoms in total. The summed E-state index contributed by atoms with van der Waals surface area (Å²) in [7, 11) is 1.56. The number of Topliss-reactive ketones (excluding diaryl/α,β-unsaturated/α-hetero) is 1. The minimum atomic E-state index is -1.65. The number of ether oxygens (including phenoxy) is 1. The van der Waals surface area contributed by atoms with E-state index in [4.69, 9.17) is 10.5 Å². The Morgan fingerprint density at radius 1 is 1.14 bits per heavy atom. The van der Waals surface area contributed by atoms with E-state index >= 15 is 0 Å². The van der Waals surface area contributed by atoms with Crippen molar-refractivity contribution < 1.29 is 19.4 Å². The van der Waals surface area contributed by atoms with Crippen molar-refractivity contribution >= 4 is 11.7 Å². The lowest BCUT2D eigenvalue weighted by atomic mass is 9.71. The maximum absolute atomic E-state index is 13.1. The van der Waals surface area contributed by atoms with Gasteiger partial charge >= 0.3 is 0 Å². The molecular weight excluding hydrogens is 368 g/mol. The lowest BCUT2D eigenvalue weighted by molar-refractivity contribution is -0.134. The smallest absolute Gasteiger partial charge is 0.226 e. The van der Waals surface area contributed by atoms with Gasteiger partial charge in [0.2, 0.25) is 5.91 Å². The Morgan fingerprint density at radius 3 is 2.55 bits per heavy atom. The highest BCUT2D eigenvalue weighted by molar-refractivity contribution is 6.05. The van der Waals surface area contributed by atoms with Gasteiger partial charge in [0.05, 0.1) is 13.0 Å². The molecule has 4 N–H and O–H groups in total. The average Bonchev–Trinajstić information content (AvgIpc) is 2.77. The summed E-state index contributed by atoms with van der Waals surface area (Å²) in [5, 5.41) is 14.3. The zero-order valence-electron chi connectivity index (χ0n) is 17.4. The van der Waals surface area contributed by atoms with Crippen LogP contribution in [-0.4, -0.2) is 42.6 Å². The molecule has 1 aromatic carbocycles. The Kier molecular flexibility index (Phi) is 7.30. The number of ketones is 1. The molecule has 0 heterocycles. The fourth-order valence-corrected chi connectivity index (χ4v) is 4.94. The zero-order chi connectivity index (χ0) is 20.9. The molecule has 0 aliphatic heterocycles. The molecule has 0 bridgehead atoms. The van der Waals surface area contributed by atoms with Crippen LogP contribution in [0.4, 0.5) is 0 Å². The van der Waals surface area contributed by atoms with E-state index in [0.717, 1.165) is 32.1 Å². The normalized spacial score (nSPS) is 29.8. The minimum Gasteiger partial charge on any atom is -0.497 e. The third-order valence-electron chi connectivity index (χ3n) is 6.73. The monoisotopic (exact) mass is 402 g/mol. The molecule has 0 spiro atoms. The van der Waals surface area contributed by atoms with Gasteiger partial charge in [0.25, 0.3) is 0 Å². The summed E-state index contributed by atoms with van der Waals surface area (Å²) in [6, 6.07) is 6.70. The van der Waals surface area contributed by atoms with Crippen LogP contribution in [-0.2, 0) is 4.79 Å². The predicted octanol–water partition coefficient (Wildman–Crippen LogP) is 2.68. The molecule has 2 saturated carbocycles. The lowest BCUT2D eigenvalue weighted by Crippen LogP contribution is -2.54. The van der Waals surface area contributed by atoms with Gasteiger partial charge in [-0.1, -0.05) is 19.3 Å². The van der Waals surface area contributed by atoms with Crippen LogP contribution in [0.15, 0.2) is 24.3 Å². The van der Waals surface area contributed by atoms with Crippen LogP contribution in [0.2, 0.25) is 0 Å². The summed E-state index contributed by atoms with van der Waals surface area (Å²) >= 11 is 0. The molecule has 6 heteroatoms. The highest BCUT2D eigenvalue weighted by Gasteiger charge is 2.49. The van der Waals surface area contributed by atoms with Crippen LogP contribution < -0.4 is 15.8 Å². The summed E-state index contributed by atoms with van der Waals surface area (Å²) in [5.74, 6) is 0.323. The standard InChI is InChI=1S/C23H34N2O4/c1-29-19-10-8-18(9-11-19)21(26)23(28)12-3-2-7-20(23)22(27)25-15-17-6-4-5-16(13-17)14-24/h8-11,16-17,20,28H,2-7,12-15,24H2,1H3,(H,25,27). The minimum absolute atomic E-state index is 0.205. The third kappa shape index (κ3) is 4.98. The number of methoxy groups -OCH3 is 1. The van der Waals surface area contributed by atoms with Gasteiger partial charge in [0.1, 0.15) is 11.4 Å². The van der Waals surface area contributed by atoms with E-state index in [0.29, 0.717) is 49.1 Å². The van der Waals surface area contributed by atoms with Crippen molar-refractivity contribution in [1.29, 1.82) is 0 Å². The fourth-order valence-electron chi connectivity index (χ4n) is 4.94. The summed E-state index contributed by atoms with van der Waals surface area (Å²) < 4.78 is 5.14. The summed E-state index contributed by atoms with van der Waals surface area (Å²) in [5.41, 5.74) is 4.57. The number of rotatable bonds is 7. The Bertz CT molecular complexity index is 705. The van der Waals surface area contributed by atoms with E-state index in [9.17, 15) is 14.7 Å². The second kappa shape index (κ2) is 9.72. The predicted molar refractivity (Wildman–Crippen MR) is 112 cm³/mol. The molecule has 29 heavy (non-hydrogen) atoms. The van der Waals surface area contributed by atoms with Gasteiger partial charge in [-0.05, 0) is 74.8 Å². The second-order valence-corrected chi connectivity index (χ2v) is 8.66. The van der Waals surface area contributed by atoms with Gasteiger partial charge in [-0.3, -0.25) is 9.59 Å². The average molecular weight is 403 g/mol. The van der Waals surface area contributed by atoms with E-state index in [1.54, 1.807) is 31.4 Å². The highest BCUT2D eigenvalue weighted by Crippen LogP contribution is 2.37. The maximum Gasteiger partial charge on any atom is 0.226 e. The molecular formula is C23H34N2O4. The van der Waals surface area contributed by atoms with E-state index < -0.39 is 11.5 Å². The molecule has 4 unspecified atom stereocenters. The van der Waals surface area contributed by atoms with Gasteiger partial charge in [0, 0.05) is 12.1 Å². The van der Waals surface area contributed by atoms with E-state index in [1.807, 2.05) is 0 Å². The molecule has 160 valence electrons. The fraction of sp³-hybridized carbons (Fsp3) is 0.652. The zero-order valence-corrected chi connectivity index (χ0v) is 17.4. The van der Waals surface area contributed by atoms with Crippen molar-refractivity contribution in [2.24, 2.45) is 23.5 Å². The maximum atomic E-state index is 13.1. The lowest BCUT2D eigenvalue weighted by Gasteiger charge is -2.38. The Morgan fingerprint density at radius 2 is 1.86 bits per heavy atom. The Hall–Kier alpha value is -1.92. The molecule has 1 aromatic rings. The topological polar surface area (TPSA) is 102 Å². The number of hydrogen-bond acceptors (Lipinski definition) is 5.